The van der Waals surface area contributed by atoms with Gasteiger partial charge in [0.15, 0.2) is 5.82 Å². The molecular weight excluding hydrogens is 479 g/mol. The number of benzene rings is 2. The fraction of sp³-hybridized carbons (Fsp3) is 0.500. The molecule has 38 heavy (non-hydrogen) atoms. The van der Waals surface area contributed by atoms with Crippen LogP contribution in [0.1, 0.15) is 42.7 Å². The van der Waals surface area contributed by atoms with Crippen LogP contribution in [0.3, 0.4) is 0 Å². The van der Waals surface area contributed by atoms with Crippen LogP contribution in [0.2, 0.25) is 0 Å². The number of likely N-dealkylation sites (N-methyl/N-ethyl adjacent to an activating group) is 1. The number of rotatable bonds is 6. The molecular formula is C30H33FN6O. The van der Waals surface area contributed by atoms with Crippen molar-refractivity contribution in [3.8, 4) is 23.2 Å². The highest BCUT2D eigenvalue weighted by atomic mass is 19.1. The van der Waals surface area contributed by atoms with E-state index in [1.807, 2.05) is 18.2 Å². The van der Waals surface area contributed by atoms with E-state index in [0.29, 0.717) is 53.8 Å². The number of likely N-dealkylation sites (tertiary alicyclic amines) is 1. The molecule has 0 radical (unpaired) electrons. The molecule has 2 aliphatic carbocycles. The highest BCUT2D eigenvalue weighted by Gasteiger charge is 2.45. The van der Waals surface area contributed by atoms with Gasteiger partial charge in [-0.05, 0) is 73.9 Å². The first-order chi connectivity index (χ1) is 18.6. The lowest BCUT2D eigenvalue weighted by atomic mass is 9.93. The molecule has 1 N–H and O–H groups in total. The van der Waals surface area contributed by atoms with Gasteiger partial charge in [-0.2, -0.15) is 15.2 Å². The summed E-state index contributed by atoms with van der Waals surface area (Å²) < 4.78 is 22.6. The lowest BCUT2D eigenvalue weighted by Gasteiger charge is -2.34. The summed E-state index contributed by atoms with van der Waals surface area (Å²) >= 11 is 0. The van der Waals surface area contributed by atoms with Gasteiger partial charge in [0.2, 0.25) is 0 Å². The van der Waals surface area contributed by atoms with Crippen molar-refractivity contribution in [2.24, 2.45) is 5.92 Å². The van der Waals surface area contributed by atoms with E-state index in [1.165, 1.54) is 17.5 Å². The molecule has 1 aromatic heterocycles. The van der Waals surface area contributed by atoms with Gasteiger partial charge >= 0.3 is 6.01 Å². The largest absolute Gasteiger partial charge is 0.462 e. The zero-order valence-electron chi connectivity index (χ0n) is 21.8. The standard InChI is InChI=1S/C30H33FN6O/c1-36-12-3-4-20(36)17-38-30-34-28-24(29(35-30)37-13-11-33-19(16-37)9-10-32)8-7-23(27(28)31)21-5-2-6-22-25-14-18(25)15-26(21)22/h2,5-8,18-20,25,33H,3-4,9,11-17H2,1H3/t18?,19-,20-,25?/m0/s1. The van der Waals surface area contributed by atoms with Gasteiger partial charge in [0.1, 0.15) is 17.9 Å². The molecule has 7 rings (SSSR count). The minimum Gasteiger partial charge on any atom is -0.462 e. The van der Waals surface area contributed by atoms with E-state index in [1.54, 1.807) is 0 Å². The maximum Gasteiger partial charge on any atom is 0.319 e. The Kier molecular flexibility index (Phi) is 5.94. The number of nitriles is 1. The third-order valence-electron chi connectivity index (χ3n) is 9.03. The van der Waals surface area contributed by atoms with Crippen LogP contribution in [0, 0.1) is 23.1 Å². The quantitative estimate of drug-likeness (QED) is 0.529. The maximum atomic E-state index is 16.4. The third kappa shape index (κ3) is 4.09. The first-order valence-electron chi connectivity index (χ1n) is 13.9. The van der Waals surface area contributed by atoms with Crippen molar-refractivity contribution in [2.45, 2.75) is 50.1 Å². The van der Waals surface area contributed by atoms with Gasteiger partial charge in [0.25, 0.3) is 0 Å². The summed E-state index contributed by atoms with van der Waals surface area (Å²) in [7, 11) is 2.11. The van der Waals surface area contributed by atoms with Crippen LogP contribution in [0.15, 0.2) is 30.3 Å². The van der Waals surface area contributed by atoms with Crippen LogP contribution in [0.4, 0.5) is 10.2 Å². The van der Waals surface area contributed by atoms with Gasteiger partial charge in [0, 0.05) is 42.7 Å². The number of aromatic nitrogens is 2. The van der Waals surface area contributed by atoms with Crippen LogP contribution in [-0.4, -0.2) is 66.8 Å². The Morgan fingerprint density at radius 2 is 2.11 bits per heavy atom. The number of nitrogens with zero attached hydrogens (tertiary/aromatic N) is 5. The SMILES string of the molecule is CN1CCC[C@H]1COc1nc(N2CCN[C@@H](CC#N)C2)c2ccc(-c3cccc4c3CC3CC43)c(F)c2n1. The fourth-order valence-electron chi connectivity index (χ4n) is 6.81. The molecule has 4 aliphatic rings. The van der Waals surface area contributed by atoms with Crippen LogP contribution < -0.4 is 15.0 Å². The smallest absolute Gasteiger partial charge is 0.319 e. The van der Waals surface area contributed by atoms with Crippen LogP contribution in [0.5, 0.6) is 6.01 Å². The molecule has 0 amide bonds. The highest BCUT2D eigenvalue weighted by molar-refractivity contribution is 5.94. The third-order valence-corrected chi connectivity index (χ3v) is 9.03. The summed E-state index contributed by atoms with van der Waals surface area (Å²) in [6, 6.07) is 13.0. The summed E-state index contributed by atoms with van der Waals surface area (Å²) in [5.41, 5.74) is 4.58. The second-order valence-electron chi connectivity index (χ2n) is 11.4. The summed E-state index contributed by atoms with van der Waals surface area (Å²) in [6.07, 6.45) is 4.94. The molecule has 3 aromatic rings. The first kappa shape index (κ1) is 23.8. The molecule has 196 valence electrons. The Labute approximate surface area is 222 Å². The molecule has 2 aliphatic heterocycles. The Morgan fingerprint density at radius 3 is 2.95 bits per heavy atom. The fourth-order valence-corrected chi connectivity index (χ4v) is 6.81. The lowest BCUT2D eigenvalue weighted by molar-refractivity contribution is 0.188. The molecule has 4 atom stereocenters. The zero-order valence-corrected chi connectivity index (χ0v) is 21.8. The number of anilines is 1. The molecule has 0 bridgehead atoms. The van der Waals surface area contributed by atoms with Gasteiger partial charge in [-0.25, -0.2) is 4.39 Å². The van der Waals surface area contributed by atoms with Gasteiger partial charge in [-0.15, -0.1) is 0 Å². The van der Waals surface area contributed by atoms with Crippen molar-refractivity contribution in [2.75, 3.05) is 44.7 Å². The molecule has 2 unspecified atom stereocenters. The van der Waals surface area contributed by atoms with Gasteiger partial charge < -0.3 is 19.9 Å². The maximum absolute atomic E-state index is 16.4. The van der Waals surface area contributed by atoms with Crippen LogP contribution in [-0.2, 0) is 6.42 Å². The summed E-state index contributed by atoms with van der Waals surface area (Å²) in [4.78, 5) is 13.9. The molecule has 7 nitrogen and oxygen atoms in total. The Bertz CT molecular complexity index is 1440. The van der Waals surface area contributed by atoms with E-state index in [0.717, 1.165) is 50.4 Å². The Balaban J connectivity index is 1.30. The van der Waals surface area contributed by atoms with E-state index in [-0.39, 0.29) is 17.9 Å². The minimum atomic E-state index is -0.313. The normalized spacial score (nSPS) is 26.3. The number of hydrogen-bond acceptors (Lipinski definition) is 7. The second-order valence-corrected chi connectivity index (χ2v) is 11.4. The van der Waals surface area contributed by atoms with Crippen molar-refractivity contribution in [3.63, 3.8) is 0 Å². The number of ether oxygens (including phenoxy) is 1. The van der Waals surface area contributed by atoms with Crippen molar-refractivity contribution in [1.82, 2.24) is 20.2 Å². The van der Waals surface area contributed by atoms with E-state index in [2.05, 4.69) is 45.4 Å². The molecule has 0 spiro atoms. The average Bonchev–Trinajstić information content (AvgIpc) is 3.42. The topological polar surface area (TPSA) is 77.3 Å². The molecule has 3 fully saturated rings. The predicted molar refractivity (Wildman–Crippen MR) is 145 cm³/mol. The first-order valence-corrected chi connectivity index (χ1v) is 13.9. The number of nitrogens with one attached hydrogen (secondary N) is 1. The van der Waals surface area contributed by atoms with Crippen LogP contribution in [0.25, 0.3) is 22.0 Å². The van der Waals surface area contributed by atoms with Crippen molar-refractivity contribution >= 4 is 16.7 Å². The summed E-state index contributed by atoms with van der Waals surface area (Å²) in [5.74, 6) is 1.75. The number of halogens is 1. The summed E-state index contributed by atoms with van der Waals surface area (Å²) in [6.45, 7) is 3.62. The van der Waals surface area contributed by atoms with Crippen molar-refractivity contribution in [1.29, 1.82) is 5.26 Å². The average molecular weight is 513 g/mol. The zero-order chi connectivity index (χ0) is 25.8. The van der Waals surface area contributed by atoms with E-state index >= 15 is 4.39 Å². The lowest BCUT2D eigenvalue weighted by Crippen LogP contribution is -2.51. The van der Waals surface area contributed by atoms with E-state index in [4.69, 9.17) is 9.72 Å². The molecule has 1 saturated carbocycles. The number of hydrogen-bond donors (Lipinski definition) is 1. The predicted octanol–water partition coefficient (Wildman–Crippen LogP) is 4.26. The van der Waals surface area contributed by atoms with E-state index in [9.17, 15) is 5.26 Å². The minimum absolute atomic E-state index is 0.0396. The van der Waals surface area contributed by atoms with Crippen molar-refractivity contribution in [3.05, 3.63) is 47.3 Å². The van der Waals surface area contributed by atoms with Crippen molar-refractivity contribution < 1.29 is 9.13 Å². The van der Waals surface area contributed by atoms with Gasteiger partial charge in [-0.3, -0.25) is 0 Å². The van der Waals surface area contributed by atoms with Gasteiger partial charge in [-0.1, -0.05) is 24.3 Å². The second kappa shape index (κ2) is 9.48. The molecule has 2 aromatic carbocycles. The monoisotopic (exact) mass is 512 g/mol. The molecule has 8 heteroatoms. The number of piperazine rings is 1. The molecule has 2 saturated heterocycles. The van der Waals surface area contributed by atoms with Gasteiger partial charge in [0.05, 0.1) is 12.5 Å². The Hall–Kier alpha value is -3.28. The number of fused-ring (bicyclic) bond motifs is 4. The Morgan fingerprint density at radius 1 is 1.18 bits per heavy atom. The van der Waals surface area contributed by atoms with E-state index < -0.39 is 0 Å². The summed E-state index contributed by atoms with van der Waals surface area (Å²) in [5, 5.41) is 13.3. The molecule has 3 heterocycles. The van der Waals surface area contributed by atoms with Crippen LogP contribution >= 0.6 is 0 Å². The highest BCUT2D eigenvalue weighted by Crippen LogP contribution is 2.58.